The van der Waals surface area contributed by atoms with Crippen LogP contribution in [0.2, 0.25) is 0 Å². The molecule has 0 aliphatic heterocycles. The lowest BCUT2D eigenvalue weighted by Crippen LogP contribution is -1.79. The Kier molecular flexibility index (Phi) is 2.57. The van der Waals surface area contributed by atoms with Gasteiger partial charge < -0.3 is 0 Å². The van der Waals surface area contributed by atoms with Crippen LogP contribution in [0.15, 0.2) is 23.1 Å². The predicted octanol–water partition coefficient (Wildman–Crippen LogP) is 2.45. The van der Waals surface area contributed by atoms with E-state index in [1.165, 1.54) is 0 Å². The van der Waals surface area contributed by atoms with Gasteiger partial charge in [0.05, 0.1) is 5.56 Å². The monoisotopic (exact) mass is 261 g/mol. The largest absolute Gasteiger partial charge is 0.192 e. The van der Waals surface area contributed by atoms with Gasteiger partial charge in [-0.15, -0.1) is 12.6 Å². The molecule has 1 aromatic rings. The third-order valence-electron chi connectivity index (χ3n) is 1.07. The van der Waals surface area contributed by atoms with E-state index in [-0.39, 0.29) is 0 Å². The molecule has 1 nitrogen and oxygen atoms in total. The fourth-order valence-corrected chi connectivity index (χ4v) is 1.26. The Labute approximate surface area is 78.6 Å². The van der Waals surface area contributed by atoms with Crippen molar-refractivity contribution in [3.05, 3.63) is 27.3 Å². The molecule has 0 heterocycles. The molecule has 0 unspecified atom stereocenters. The van der Waals surface area contributed by atoms with Crippen molar-refractivity contribution in [1.82, 2.24) is 0 Å². The molecule has 3 heteroatoms. The SMILES string of the molecule is N#Cc1cc(S)ccc1I. The van der Waals surface area contributed by atoms with Crippen LogP contribution in [0.25, 0.3) is 0 Å². The van der Waals surface area contributed by atoms with Gasteiger partial charge in [0.15, 0.2) is 0 Å². The number of hydrogen-bond acceptors (Lipinski definition) is 2. The van der Waals surface area contributed by atoms with E-state index >= 15 is 0 Å². The summed E-state index contributed by atoms with van der Waals surface area (Å²) in [6.07, 6.45) is 0. The lowest BCUT2D eigenvalue weighted by atomic mass is 10.2. The lowest BCUT2D eigenvalue weighted by Gasteiger charge is -1.93. The highest BCUT2D eigenvalue weighted by atomic mass is 127. The summed E-state index contributed by atoms with van der Waals surface area (Å²) in [5, 5.41) is 8.55. The molecule has 0 atom stereocenters. The topological polar surface area (TPSA) is 23.8 Å². The second-order valence-electron chi connectivity index (χ2n) is 1.78. The molecule has 1 rings (SSSR count). The number of halogens is 1. The van der Waals surface area contributed by atoms with Gasteiger partial charge in [-0.1, -0.05) is 0 Å². The van der Waals surface area contributed by atoms with Crippen LogP contribution in [0.1, 0.15) is 5.56 Å². The maximum atomic E-state index is 8.55. The van der Waals surface area contributed by atoms with Crippen LogP contribution in [0, 0.1) is 14.9 Å². The van der Waals surface area contributed by atoms with Crippen LogP contribution in [-0.2, 0) is 0 Å². The van der Waals surface area contributed by atoms with E-state index in [2.05, 4.69) is 41.3 Å². The van der Waals surface area contributed by atoms with Gasteiger partial charge in [0.2, 0.25) is 0 Å². The fraction of sp³-hybridized carbons (Fsp3) is 0. The van der Waals surface area contributed by atoms with Gasteiger partial charge in [-0.3, -0.25) is 0 Å². The van der Waals surface area contributed by atoms with Crippen LogP contribution in [-0.4, -0.2) is 0 Å². The molecule has 0 saturated carbocycles. The van der Waals surface area contributed by atoms with Crippen molar-refractivity contribution in [2.45, 2.75) is 4.90 Å². The molecular weight excluding hydrogens is 257 g/mol. The van der Waals surface area contributed by atoms with E-state index < -0.39 is 0 Å². The highest BCUT2D eigenvalue weighted by Gasteiger charge is 1.96. The van der Waals surface area contributed by atoms with Crippen LogP contribution >= 0.6 is 35.2 Å². The van der Waals surface area contributed by atoms with Gasteiger partial charge in [0.25, 0.3) is 0 Å². The quantitative estimate of drug-likeness (QED) is 0.563. The van der Waals surface area contributed by atoms with Crippen LogP contribution in [0.3, 0.4) is 0 Å². The van der Waals surface area contributed by atoms with Crippen LogP contribution in [0.5, 0.6) is 0 Å². The Bertz CT molecular complexity index is 290. The maximum Gasteiger partial charge on any atom is 0.100 e. The highest BCUT2D eigenvalue weighted by Crippen LogP contribution is 2.15. The average molecular weight is 261 g/mol. The Morgan fingerprint density at radius 3 is 2.70 bits per heavy atom. The highest BCUT2D eigenvalue weighted by molar-refractivity contribution is 14.1. The molecular formula is C7H4INS. The lowest BCUT2D eigenvalue weighted by molar-refractivity contribution is 1.39. The molecule has 0 spiro atoms. The maximum absolute atomic E-state index is 8.55. The standard InChI is InChI=1S/C7H4INS/c8-7-2-1-6(10)3-5(7)4-9/h1-3,10H. The van der Waals surface area contributed by atoms with E-state index in [0.717, 1.165) is 8.47 Å². The van der Waals surface area contributed by atoms with E-state index in [1.807, 2.05) is 12.1 Å². The first-order chi connectivity index (χ1) is 4.74. The number of nitriles is 1. The molecule has 50 valence electrons. The Hall–Kier alpha value is -0.210. The molecule has 0 amide bonds. The first-order valence-corrected chi connectivity index (χ1v) is 4.15. The molecule has 0 aliphatic rings. The van der Waals surface area contributed by atoms with Gasteiger partial charge in [-0.05, 0) is 40.8 Å². The predicted molar refractivity (Wildman–Crippen MR) is 51.1 cm³/mol. The summed E-state index contributed by atoms with van der Waals surface area (Å²) in [4.78, 5) is 0.831. The van der Waals surface area contributed by atoms with Crippen molar-refractivity contribution >= 4 is 35.2 Å². The molecule has 0 fully saturated rings. The average Bonchev–Trinajstić information content (AvgIpc) is 1.94. The molecule has 0 bridgehead atoms. The van der Waals surface area contributed by atoms with E-state index in [1.54, 1.807) is 6.07 Å². The molecule has 0 radical (unpaired) electrons. The minimum absolute atomic E-state index is 0.688. The normalized spacial score (nSPS) is 8.90. The number of nitrogens with zero attached hydrogens (tertiary/aromatic N) is 1. The zero-order valence-corrected chi connectivity index (χ0v) is 8.06. The second-order valence-corrected chi connectivity index (χ2v) is 3.45. The molecule has 0 saturated heterocycles. The van der Waals surface area contributed by atoms with Gasteiger partial charge in [0, 0.05) is 8.47 Å². The summed E-state index contributed by atoms with van der Waals surface area (Å²) in [5.74, 6) is 0. The Morgan fingerprint density at radius 2 is 2.20 bits per heavy atom. The van der Waals surface area contributed by atoms with Gasteiger partial charge >= 0.3 is 0 Å². The third-order valence-corrected chi connectivity index (χ3v) is 2.29. The van der Waals surface area contributed by atoms with Crippen molar-refractivity contribution in [2.24, 2.45) is 0 Å². The summed E-state index contributed by atoms with van der Waals surface area (Å²) < 4.78 is 0.970. The number of thiol groups is 1. The first-order valence-electron chi connectivity index (χ1n) is 2.62. The Balaban J connectivity index is 3.25. The van der Waals surface area contributed by atoms with E-state index in [4.69, 9.17) is 5.26 Å². The summed E-state index contributed by atoms with van der Waals surface area (Å²) in [6, 6.07) is 7.58. The molecule has 10 heavy (non-hydrogen) atoms. The van der Waals surface area contributed by atoms with Gasteiger partial charge in [-0.2, -0.15) is 5.26 Å². The zero-order valence-electron chi connectivity index (χ0n) is 5.00. The fourth-order valence-electron chi connectivity index (χ4n) is 0.599. The molecule has 0 aliphatic carbocycles. The minimum atomic E-state index is 0.688. The smallest absolute Gasteiger partial charge is 0.100 e. The number of benzene rings is 1. The van der Waals surface area contributed by atoms with Crippen molar-refractivity contribution in [2.75, 3.05) is 0 Å². The summed E-state index contributed by atoms with van der Waals surface area (Å²) in [7, 11) is 0. The molecule has 1 aromatic carbocycles. The Morgan fingerprint density at radius 1 is 1.50 bits per heavy atom. The number of hydrogen-bond donors (Lipinski definition) is 1. The molecule has 0 N–H and O–H groups in total. The van der Waals surface area contributed by atoms with Crippen molar-refractivity contribution in [1.29, 1.82) is 5.26 Å². The number of rotatable bonds is 0. The van der Waals surface area contributed by atoms with Crippen LogP contribution < -0.4 is 0 Å². The molecule has 0 aromatic heterocycles. The van der Waals surface area contributed by atoms with Crippen molar-refractivity contribution < 1.29 is 0 Å². The summed E-state index contributed by atoms with van der Waals surface area (Å²) in [6.45, 7) is 0. The van der Waals surface area contributed by atoms with E-state index in [9.17, 15) is 0 Å². The van der Waals surface area contributed by atoms with E-state index in [0.29, 0.717) is 5.56 Å². The zero-order chi connectivity index (χ0) is 7.56. The first kappa shape index (κ1) is 7.89. The minimum Gasteiger partial charge on any atom is -0.192 e. The summed E-state index contributed by atoms with van der Waals surface area (Å²) >= 11 is 6.22. The summed E-state index contributed by atoms with van der Waals surface area (Å²) in [5.41, 5.74) is 0.688. The van der Waals surface area contributed by atoms with Crippen molar-refractivity contribution in [3.8, 4) is 6.07 Å². The van der Waals surface area contributed by atoms with Crippen molar-refractivity contribution in [3.63, 3.8) is 0 Å². The van der Waals surface area contributed by atoms with Gasteiger partial charge in [0.1, 0.15) is 6.07 Å². The third kappa shape index (κ3) is 1.64. The van der Waals surface area contributed by atoms with Crippen LogP contribution in [0.4, 0.5) is 0 Å². The van der Waals surface area contributed by atoms with Gasteiger partial charge in [-0.25, -0.2) is 0 Å². The second kappa shape index (κ2) is 3.26.